The summed E-state index contributed by atoms with van der Waals surface area (Å²) in [5, 5.41) is 14.1. The van der Waals surface area contributed by atoms with Gasteiger partial charge in [0, 0.05) is 33.2 Å². The fraction of sp³-hybridized carbons (Fsp3) is 0.857. The van der Waals surface area contributed by atoms with Crippen molar-refractivity contribution >= 4 is 0 Å². The summed E-state index contributed by atoms with van der Waals surface area (Å²) in [6, 6.07) is 0. The van der Waals surface area contributed by atoms with Crippen LogP contribution in [0.4, 0.5) is 0 Å². The van der Waals surface area contributed by atoms with Crippen LogP contribution in [0.5, 0.6) is 0 Å². The molecule has 6 heteroatoms. The normalized spacial score (nSPS) is 20.9. The minimum Gasteiger partial charge on any atom is -0.392 e. The lowest BCUT2D eigenvalue weighted by molar-refractivity contribution is -0.101. The summed E-state index contributed by atoms with van der Waals surface area (Å²) in [6.07, 6.45) is 1.26. The zero-order valence-electron chi connectivity index (χ0n) is 12.7. The van der Waals surface area contributed by atoms with Crippen molar-refractivity contribution in [1.82, 2.24) is 10.1 Å². The summed E-state index contributed by atoms with van der Waals surface area (Å²) in [5.41, 5.74) is -0.737. The van der Waals surface area contributed by atoms with Crippen molar-refractivity contribution in [3.63, 3.8) is 0 Å². The van der Waals surface area contributed by atoms with E-state index in [-0.39, 0.29) is 5.41 Å². The molecular weight excluding hydrogens is 260 g/mol. The molecule has 114 valence electrons. The molecule has 1 unspecified atom stereocenters. The van der Waals surface area contributed by atoms with Gasteiger partial charge < -0.3 is 19.1 Å². The number of hydrogen-bond donors (Lipinski definition) is 1. The number of aromatic nitrogens is 2. The molecule has 0 radical (unpaired) electrons. The Labute approximate surface area is 119 Å². The van der Waals surface area contributed by atoms with Crippen LogP contribution in [-0.2, 0) is 21.5 Å². The molecule has 0 aromatic carbocycles. The van der Waals surface area contributed by atoms with E-state index in [0.29, 0.717) is 44.2 Å². The summed E-state index contributed by atoms with van der Waals surface area (Å²) >= 11 is 0. The molecule has 2 heterocycles. The van der Waals surface area contributed by atoms with Crippen molar-refractivity contribution in [3.05, 3.63) is 11.7 Å². The molecule has 0 spiro atoms. The van der Waals surface area contributed by atoms with Crippen LogP contribution in [0.15, 0.2) is 4.52 Å². The van der Waals surface area contributed by atoms with E-state index in [1.54, 1.807) is 7.11 Å². The standard InChI is InChI=1S/C14H24N2O4/c1-13(2,3)10(17)9-11-15-12(16-20-11)14(18-4)5-7-19-8-6-14/h10,17H,5-9H2,1-4H3. The monoisotopic (exact) mass is 284 g/mol. The van der Waals surface area contributed by atoms with Gasteiger partial charge >= 0.3 is 0 Å². The molecule has 6 nitrogen and oxygen atoms in total. The first kappa shape index (κ1) is 15.4. The van der Waals surface area contributed by atoms with Crippen molar-refractivity contribution in [2.24, 2.45) is 5.41 Å². The molecule has 1 atom stereocenters. The first-order valence-electron chi connectivity index (χ1n) is 7.01. The van der Waals surface area contributed by atoms with Gasteiger partial charge in [-0.2, -0.15) is 4.98 Å². The average Bonchev–Trinajstić information content (AvgIpc) is 2.87. The molecule has 0 saturated carbocycles. The number of hydrogen-bond acceptors (Lipinski definition) is 6. The molecule has 2 rings (SSSR count). The van der Waals surface area contributed by atoms with E-state index in [4.69, 9.17) is 14.0 Å². The van der Waals surface area contributed by atoms with Crippen LogP contribution < -0.4 is 0 Å². The van der Waals surface area contributed by atoms with Crippen LogP contribution in [0.1, 0.15) is 45.3 Å². The highest BCUT2D eigenvalue weighted by molar-refractivity contribution is 5.03. The number of rotatable bonds is 4. The second-order valence-corrected chi connectivity index (χ2v) is 6.41. The Morgan fingerprint density at radius 1 is 1.35 bits per heavy atom. The van der Waals surface area contributed by atoms with Crippen molar-refractivity contribution in [2.45, 2.75) is 51.7 Å². The van der Waals surface area contributed by atoms with Gasteiger partial charge in [-0.15, -0.1) is 0 Å². The van der Waals surface area contributed by atoms with Gasteiger partial charge in [-0.1, -0.05) is 25.9 Å². The van der Waals surface area contributed by atoms with Crippen LogP contribution in [0, 0.1) is 5.41 Å². The van der Waals surface area contributed by atoms with Gasteiger partial charge in [-0.3, -0.25) is 0 Å². The molecule has 1 aliphatic rings. The van der Waals surface area contributed by atoms with E-state index in [0.717, 1.165) is 0 Å². The predicted molar refractivity (Wildman–Crippen MR) is 72.2 cm³/mol. The van der Waals surface area contributed by atoms with Crippen molar-refractivity contribution < 1.29 is 19.1 Å². The predicted octanol–water partition coefficient (Wildman–Crippen LogP) is 1.67. The lowest BCUT2D eigenvalue weighted by atomic mass is 9.87. The van der Waals surface area contributed by atoms with Gasteiger partial charge in [-0.05, 0) is 5.41 Å². The molecule has 1 N–H and O–H groups in total. The topological polar surface area (TPSA) is 77.6 Å². The van der Waals surface area contributed by atoms with Crippen molar-refractivity contribution in [3.8, 4) is 0 Å². The highest BCUT2D eigenvalue weighted by Gasteiger charge is 2.39. The molecule has 0 aliphatic carbocycles. The maximum Gasteiger partial charge on any atom is 0.229 e. The number of aliphatic hydroxyl groups is 1. The molecule has 1 fully saturated rings. The first-order valence-corrected chi connectivity index (χ1v) is 7.01. The Hall–Kier alpha value is -0.980. The van der Waals surface area contributed by atoms with E-state index in [1.807, 2.05) is 20.8 Å². The van der Waals surface area contributed by atoms with Gasteiger partial charge in [0.1, 0.15) is 5.60 Å². The van der Waals surface area contributed by atoms with Crippen molar-refractivity contribution in [1.29, 1.82) is 0 Å². The zero-order chi connectivity index (χ0) is 14.8. The molecule has 1 aromatic rings. The molecule has 1 saturated heterocycles. The van der Waals surface area contributed by atoms with Gasteiger partial charge in [0.15, 0.2) is 0 Å². The zero-order valence-corrected chi connectivity index (χ0v) is 12.7. The summed E-state index contributed by atoms with van der Waals surface area (Å²) in [5.74, 6) is 1.00. The molecule has 0 amide bonds. The van der Waals surface area contributed by atoms with Gasteiger partial charge in [0.2, 0.25) is 11.7 Å². The van der Waals surface area contributed by atoms with E-state index in [1.165, 1.54) is 0 Å². The summed E-state index contributed by atoms with van der Waals surface area (Å²) in [4.78, 5) is 4.41. The number of aliphatic hydroxyl groups excluding tert-OH is 1. The Kier molecular flexibility index (Phi) is 4.46. The lowest BCUT2D eigenvalue weighted by Gasteiger charge is -2.32. The summed E-state index contributed by atoms with van der Waals surface area (Å²) in [6.45, 7) is 7.18. The summed E-state index contributed by atoms with van der Waals surface area (Å²) < 4.78 is 16.2. The third-order valence-corrected chi connectivity index (χ3v) is 3.93. The molecule has 0 bridgehead atoms. The Balaban J connectivity index is 2.11. The number of nitrogens with zero attached hydrogens (tertiary/aromatic N) is 2. The smallest absolute Gasteiger partial charge is 0.229 e. The number of ether oxygens (including phenoxy) is 2. The third-order valence-electron chi connectivity index (χ3n) is 3.93. The minimum atomic E-state index is -0.524. The van der Waals surface area contributed by atoms with Crippen LogP contribution in [0.25, 0.3) is 0 Å². The van der Waals surface area contributed by atoms with Crippen LogP contribution in [0.2, 0.25) is 0 Å². The summed E-state index contributed by atoms with van der Waals surface area (Å²) in [7, 11) is 1.66. The second-order valence-electron chi connectivity index (χ2n) is 6.41. The minimum absolute atomic E-state index is 0.216. The van der Waals surface area contributed by atoms with E-state index < -0.39 is 11.7 Å². The van der Waals surface area contributed by atoms with Gasteiger partial charge in [0.25, 0.3) is 0 Å². The van der Waals surface area contributed by atoms with Gasteiger partial charge in [-0.25, -0.2) is 0 Å². The Bertz CT molecular complexity index is 433. The lowest BCUT2D eigenvalue weighted by Crippen LogP contribution is -2.36. The Morgan fingerprint density at radius 3 is 2.55 bits per heavy atom. The molecular formula is C14H24N2O4. The number of methoxy groups -OCH3 is 1. The molecule has 1 aromatic heterocycles. The maximum atomic E-state index is 10.1. The fourth-order valence-corrected chi connectivity index (χ4v) is 2.21. The molecule has 1 aliphatic heterocycles. The Morgan fingerprint density at radius 2 is 2.00 bits per heavy atom. The van der Waals surface area contributed by atoms with E-state index >= 15 is 0 Å². The average molecular weight is 284 g/mol. The third kappa shape index (κ3) is 3.19. The van der Waals surface area contributed by atoms with E-state index in [9.17, 15) is 5.11 Å². The SMILES string of the molecule is COC1(c2noc(CC(O)C(C)(C)C)n2)CCOCC1. The second kappa shape index (κ2) is 5.79. The highest BCUT2D eigenvalue weighted by atomic mass is 16.5. The van der Waals surface area contributed by atoms with Crippen LogP contribution >= 0.6 is 0 Å². The highest BCUT2D eigenvalue weighted by Crippen LogP contribution is 2.33. The fourth-order valence-electron chi connectivity index (χ4n) is 2.21. The van der Waals surface area contributed by atoms with Crippen molar-refractivity contribution in [2.75, 3.05) is 20.3 Å². The van der Waals surface area contributed by atoms with Crippen LogP contribution in [0.3, 0.4) is 0 Å². The van der Waals surface area contributed by atoms with Gasteiger partial charge in [0.05, 0.1) is 12.5 Å². The molecule has 20 heavy (non-hydrogen) atoms. The maximum absolute atomic E-state index is 10.1. The van der Waals surface area contributed by atoms with E-state index in [2.05, 4.69) is 10.1 Å². The largest absolute Gasteiger partial charge is 0.392 e. The van der Waals surface area contributed by atoms with Crippen LogP contribution in [-0.4, -0.2) is 41.7 Å². The quantitative estimate of drug-likeness (QED) is 0.906. The first-order chi connectivity index (χ1) is 9.37.